The molecule has 144 valence electrons. The summed E-state index contributed by atoms with van der Waals surface area (Å²) < 4.78 is 4.57. The number of rotatable bonds is 12. The van der Waals surface area contributed by atoms with Crippen LogP contribution in [0, 0.1) is 0 Å². The number of ether oxygens (including phenoxy) is 1. The Kier molecular flexibility index (Phi) is 10.7. The van der Waals surface area contributed by atoms with Crippen LogP contribution in [0.15, 0.2) is 29.4 Å². The number of carbonyl (C=O) groups is 2. The third kappa shape index (κ3) is 9.17. The van der Waals surface area contributed by atoms with Gasteiger partial charge >= 0.3 is 5.97 Å². The zero-order chi connectivity index (χ0) is 19.2. The molecular weight excluding hydrogens is 334 g/mol. The topological polar surface area (TPSA) is 91.2 Å². The Morgan fingerprint density at radius 3 is 2.42 bits per heavy atom. The molecule has 0 aliphatic heterocycles. The number of hydrogen-bond donors (Lipinski definition) is 2. The lowest BCUT2D eigenvalue weighted by Crippen LogP contribution is -2.20. The van der Waals surface area contributed by atoms with Gasteiger partial charge in [-0.25, -0.2) is 5.43 Å². The molecule has 0 bridgehead atoms. The van der Waals surface area contributed by atoms with E-state index >= 15 is 0 Å². The zero-order valence-corrected chi connectivity index (χ0v) is 15.6. The first-order valence-electron chi connectivity index (χ1n) is 8.87. The highest BCUT2D eigenvalue weighted by Crippen LogP contribution is 2.12. The summed E-state index contributed by atoms with van der Waals surface area (Å²) in [5.41, 5.74) is 4.41. The van der Waals surface area contributed by atoms with E-state index in [4.69, 9.17) is 5.11 Å². The summed E-state index contributed by atoms with van der Waals surface area (Å²) in [7, 11) is 3.30. The highest BCUT2D eigenvalue weighted by molar-refractivity contribution is 5.82. The van der Waals surface area contributed by atoms with Gasteiger partial charge in [0.1, 0.15) is 0 Å². The second kappa shape index (κ2) is 12.9. The van der Waals surface area contributed by atoms with Crippen LogP contribution in [0.1, 0.15) is 44.1 Å². The van der Waals surface area contributed by atoms with E-state index in [0.29, 0.717) is 19.4 Å². The van der Waals surface area contributed by atoms with E-state index in [-0.39, 0.29) is 18.5 Å². The maximum Gasteiger partial charge on any atom is 0.305 e. The maximum absolute atomic E-state index is 11.7. The van der Waals surface area contributed by atoms with Gasteiger partial charge in [0.25, 0.3) is 0 Å². The van der Waals surface area contributed by atoms with Crippen LogP contribution in [0.4, 0.5) is 5.69 Å². The third-order valence-corrected chi connectivity index (χ3v) is 3.93. The number of aliphatic hydroxyl groups is 1. The van der Waals surface area contributed by atoms with Crippen molar-refractivity contribution in [2.24, 2.45) is 5.10 Å². The molecule has 0 aliphatic carbocycles. The average Bonchev–Trinajstić information content (AvgIpc) is 2.65. The second-order valence-corrected chi connectivity index (χ2v) is 6.02. The normalized spacial score (nSPS) is 10.7. The van der Waals surface area contributed by atoms with Crippen LogP contribution in [-0.4, -0.2) is 50.5 Å². The summed E-state index contributed by atoms with van der Waals surface area (Å²) in [6.45, 7) is 0.684. The number of carbonyl (C=O) groups excluding carboxylic acids is 2. The van der Waals surface area contributed by atoms with Crippen molar-refractivity contribution in [2.75, 3.05) is 32.2 Å². The van der Waals surface area contributed by atoms with E-state index in [2.05, 4.69) is 15.3 Å². The lowest BCUT2D eigenvalue weighted by molar-refractivity contribution is -0.140. The van der Waals surface area contributed by atoms with Crippen LogP contribution in [0.5, 0.6) is 0 Å². The minimum absolute atomic E-state index is 0.108. The SMILES string of the molecule is COC(=O)CCCCCCC(=O)N/N=C/c1ccc(N(C)CCO)cc1. The van der Waals surface area contributed by atoms with Crippen LogP contribution >= 0.6 is 0 Å². The molecule has 0 atom stereocenters. The zero-order valence-electron chi connectivity index (χ0n) is 15.6. The van der Waals surface area contributed by atoms with E-state index in [1.807, 2.05) is 36.2 Å². The third-order valence-electron chi connectivity index (χ3n) is 3.93. The van der Waals surface area contributed by atoms with Crippen molar-refractivity contribution in [1.82, 2.24) is 5.43 Å². The van der Waals surface area contributed by atoms with Crippen LogP contribution in [0.3, 0.4) is 0 Å². The minimum Gasteiger partial charge on any atom is -0.469 e. The Morgan fingerprint density at radius 2 is 1.81 bits per heavy atom. The Labute approximate surface area is 155 Å². The number of hydrogen-bond acceptors (Lipinski definition) is 6. The molecule has 0 spiro atoms. The van der Waals surface area contributed by atoms with Gasteiger partial charge in [0.05, 0.1) is 19.9 Å². The molecule has 0 saturated carbocycles. The van der Waals surface area contributed by atoms with Crippen molar-refractivity contribution in [3.8, 4) is 0 Å². The van der Waals surface area contributed by atoms with Crippen LogP contribution < -0.4 is 10.3 Å². The fraction of sp³-hybridized carbons (Fsp3) is 0.526. The highest BCUT2D eigenvalue weighted by Gasteiger charge is 2.02. The molecule has 0 unspecified atom stereocenters. The number of nitrogens with zero attached hydrogens (tertiary/aromatic N) is 2. The Morgan fingerprint density at radius 1 is 1.15 bits per heavy atom. The van der Waals surface area contributed by atoms with Crippen molar-refractivity contribution in [3.05, 3.63) is 29.8 Å². The van der Waals surface area contributed by atoms with Gasteiger partial charge in [0, 0.05) is 32.1 Å². The van der Waals surface area contributed by atoms with E-state index in [9.17, 15) is 9.59 Å². The number of nitrogens with one attached hydrogen (secondary N) is 1. The first-order chi connectivity index (χ1) is 12.6. The molecule has 0 radical (unpaired) electrons. The average molecular weight is 363 g/mol. The first-order valence-corrected chi connectivity index (χ1v) is 8.87. The molecule has 26 heavy (non-hydrogen) atoms. The number of methoxy groups -OCH3 is 1. The summed E-state index contributed by atoms with van der Waals surface area (Å²) >= 11 is 0. The van der Waals surface area contributed by atoms with E-state index in [0.717, 1.165) is 36.9 Å². The standard InChI is InChI=1S/C19H29N3O4/c1-22(13-14-23)17-11-9-16(10-12-17)15-20-21-18(24)7-5-3-4-6-8-19(25)26-2/h9-12,15,23H,3-8,13-14H2,1-2H3,(H,21,24)/b20-15+. The minimum atomic E-state index is -0.190. The maximum atomic E-state index is 11.7. The summed E-state index contributed by atoms with van der Waals surface area (Å²) in [5.74, 6) is -0.307. The Balaban J connectivity index is 2.20. The molecule has 0 fully saturated rings. The van der Waals surface area contributed by atoms with E-state index < -0.39 is 0 Å². The summed E-state index contributed by atoms with van der Waals surface area (Å²) in [5, 5.41) is 12.9. The summed E-state index contributed by atoms with van der Waals surface area (Å²) in [6, 6.07) is 7.68. The van der Waals surface area contributed by atoms with Crippen molar-refractivity contribution in [1.29, 1.82) is 0 Å². The molecule has 1 aromatic carbocycles. The number of hydrazone groups is 1. The number of benzene rings is 1. The smallest absolute Gasteiger partial charge is 0.305 e. The molecule has 1 amide bonds. The van der Waals surface area contributed by atoms with Crippen molar-refractivity contribution in [2.45, 2.75) is 38.5 Å². The lowest BCUT2D eigenvalue weighted by Gasteiger charge is -2.17. The molecule has 7 nitrogen and oxygen atoms in total. The van der Waals surface area contributed by atoms with Gasteiger partial charge in [-0.15, -0.1) is 0 Å². The van der Waals surface area contributed by atoms with Crippen molar-refractivity contribution >= 4 is 23.8 Å². The first kappa shape index (κ1) is 21.6. The number of unbranched alkanes of at least 4 members (excludes halogenated alkanes) is 3. The van der Waals surface area contributed by atoms with Gasteiger partial charge in [-0.3, -0.25) is 9.59 Å². The Hall–Kier alpha value is -2.41. The molecule has 0 aliphatic rings. The number of amides is 1. The number of likely N-dealkylation sites (N-methyl/N-ethyl adjacent to an activating group) is 1. The Bertz CT molecular complexity index is 573. The van der Waals surface area contributed by atoms with Gasteiger partial charge in [-0.1, -0.05) is 25.0 Å². The predicted octanol–water partition coefficient (Wildman–Crippen LogP) is 2.08. The van der Waals surface area contributed by atoms with Gasteiger partial charge in [-0.2, -0.15) is 5.10 Å². The summed E-state index contributed by atoms with van der Waals surface area (Å²) in [4.78, 5) is 24.6. The molecule has 1 rings (SSSR count). The molecule has 2 N–H and O–H groups in total. The lowest BCUT2D eigenvalue weighted by atomic mass is 10.1. The van der Waals surface area contributed by atoms with E-state index in [1.165, 1.54) is 7.11 Å². The molecule has 0 saturated heterocycles. The molecule has 7 heteroatoms. The number of aliphatic hydroxyl groups excluding tert-OH is 1. The van der Waals surface area contributed by atoms with Crippen molar-refractivity contribution in [3.63, 3.8) is 0 Å². The van der Waals surface area contributed by atoms with Gasteiger partial charge in [0.2, 0.25) is 5.91 Å². The molecule has 0 aromatic heterocycles. The van der Waals surface area contributed by atoms with Gasteiger partial charge in [-0.05, 0) is 30.5 Å². The highest BCUT2D eigenvalue weighted by atomic mass is 16.5. The molecular formula is C19H29N3O4. The van der Waals surface area contributed by atoms with E-state index in [1.54, 1.807) is 6.21 Å². The largest absolute Gasteiger partial charge is 0.469 e. The van der Waals surface area contributed by atoms with Gasteiger partial charge < -0.3 is 14.7 Å². The summed E-state index contributed by atoms with van der Waals surface area (Å²) in [6.07, 6.45) is 5.82. The predicted molar refractivity (Wildman–Crippen MR) is 102 cm³/mol. The molecule has 0 heterocycles. The number of esters is 1. The fourth-order valence-corrected chi connectivity index (χ4v) is 2.34. The quantitative estimate of drug-likeness (QED) is 0.257. The van der Waals surface area contributed by atoms with Gasteiger partial charge in [0.15, 0.2) is 0 Å². The monoisotopic (exact) mass is 363 g/mol. The van der Waals surface area contributed by atoms with Crippen LogP contribution in [0.2, 0.25) is 0 Å². The number of anilines is 1. The molecule has 1 aromatic rings. The van der Waals surface area contributed by atoms with Crippen molar-refractivity contribution < 1.29 is 19.4 Å². The van der Waals surface area contributed by atoms with Crippen LogP contribution in [-0.2, 0) is 14.3 Å². The van der Waals surface area contributed by atoms with Crippen LogP contribution in [0.25, 0.3) is 0 Å². The second-order valence-electron chi connectivity index (χ2n) is 6.02. The fourth-order valence-electron chi connectivity index (χ4n) is 2.34.